The minimum Gasteiger partial charge on any atom is -0.493 e. The van der Waals surface area contributed by atoms with Gasteiger partial charge in [0.1, 0.15) is 23.9 Å². The molecule has 1 unspecified atom stereocenters. The molecule has 0 amide bonds. The lowest BCUT2D eigenvalue weighted by Gasteiger charge is -2.15. The van der Waals surface area contributed by atoms with E-state index in [1.165, 1.54) is 6.33 Å². The standard InChI is InChI=1S/C11H19N7O/c1-17(2)4-5-18-10(8(19-3)6-15-18)9(12)11-13-7-14-16-11/h6-7,9H,4-5,12H2,1-3H3,(H,13,14,16). The molecule has 0 saturated heterocycles. The van der Waals surface area contributed by atoms with Crippen LogP contribution in [0.3, 0.4) is 0 Å². The van der Waals surface area contributed by atoms with E-state index in [1.54, 1.807) is 13.3 Å². The first-order valence-electron chi connectivity index (χ1n) is 5.98. The predicted molar refractivity (Wildman–Crippen MR) is 69.7 cm³/mol. The van der Waals surface area contributed by atoms with Crippen LogP contribution in [0.1, 0.15) is 17.6 Å². The third-order valence-corrected chi connectivity index (χ3v) is 2.85. The zero-order valence-electron chi connectivity index (χ0n) is 11.4. The van der Waals surface area contributed by atoms with Gasteiger partial charge in [0.25, 0.3) is 0 Å². The summed E-state index contributed by atoms with van der Waals surface area (Å²) in [6.07, 6.45) is 3.10. The molecule has 2 rings (SSSR count). The first-order valence-corrected chi connectivity index (χ1v) is 5.98. The summed E-state index contributed by atoms with van der Waals surface area (Å²) in [5.41, 5.74) is 6.99. The summed E-state index contributed by atoms with van der Waals surface area (Å²) in [6, 6.07) is -0.442. The van der Waals surface area contributed by atoms with Crippen molar-refractivity contribution in [2.75, 3.05) is 27.7 Å². The fourth-order valence-electron chi connectivity index (χ4n) is 1.82. The molecule has 19 heavy (non-hydrogen) atoms. The average Bonchev–Trinajstić information content (AvgIpc) is 3.04. The largest absolute Gasteiger partial charge is 0.493 e. The Kier molecular flexibility index (Phi) is 4.13. The Hall–Kier alpha value is -1.93. The van der Waals surface area contributed by atoms with Crippen molar-refractivity contribution in [2.45, 2.75) is 12.6 Å². The first-order chi connectivity index (χ1) is 9.13. The molecule has 0 spiro atoms. The Morgan fingerprint density at radius 1 is 1.53 bits per heavy atom. The number of methoxy groups -OCH3 is 1. The zero-order chi connectivity index (χ0) is 13.8. The highest BCUT2D eigenvalue weighted by Gasteiger charge is 2.22. The van der Waals surface area contributed by atoms with Gasteiger partial charge in [0.05, 0.1) is 19.9 Å². The molecule has 0 aliphatic rings. The third-order valence-electron chi connectivity index (χ3n) is 2.85. The Morgan fingerprint density at radius 2 is 2.32 bits per heavy atom. The van der Waals surface area contributed by atoms with Crippen LogP contribution in [0.5, 0.6) is 5.75 Å². The maximum Gasteiger partial charge on any atom is 0.162 e. The van der Waals surface area contributed by atoms with Crippen LogP contribution in [0.25, 0.3) is 0 Å². The highest BCUT2D eigenvalue weighted by molar-refractivity contribution is 5.31. The zero-order valence-corrected chi connectivity index (χ0v) is 11.4. The highest BCUT2D eigenvalue weighted by atomic mass is 16.5. The van der Waals surface area contributed by atoms with Crippen LogP contribution in [0, 0.1) is 0 Å². The summed E-state index contributed by atoms with van der Waals surface area (Å²) in [6.45, 7) is 1.59. The summed E-state index contributed by atoms with van der Waals surface area (Å²) in [4.78, 5) is 6.17. The molecule has 0 aliphatic carbocycles. The summed E-state index contributed by atoms with van der Waals surface area (Å²) in [5.74, 6) is 1.24. The maximum atomic E-state index is 6.20. The van der Waals surface area contributed by atoms with Crippen molar-refractivity contribution in [3.63, 3.8) is 0 Å². The van der Waals surface area contributed by atoms with E-state index in [0.717, 1.165) is 18.8 Å². The molecule has 2 heterocycles. The second-order valence-electron chi connectivity index (χ2n) is 4.47. The molecular formula is C11H19N7O. The monoisotopic (exact) mass is 265 g/mol. The van der Waals surface area contributed by atoms with Gasteiger partial charge in [-0.2, -0.15) is 10.2 Å². The molecule has 8 nitrogen and oxygen atoms in total. The number of hydrogen-bond donors (Lipinski definition) is 2. The van der Waals surface area contributed by atoms with E-state index in [9.17, 15) is 0 Å². The van der Waals surface area contributed by atoms with Crippen molar-refractivity contribution in [2.24, 2.45) is 5.73 Å². The molecule has 0 aliphatic heterocycles. The van der Waals surface area contributed by atoms with Crippen LogP contribution >= 0.6 is 0 Å². The second-order valence-corrected chi connectivity index (χ2v) is 4.47. The Morgan fingerprint density at radius 3 is 2.89 bits per heavy atom. The molecule has 104 valence electrons. The fourth-order valence-corrected chi connectivity index (χ4v) is 1.82. The van der Waals surface area contributed by atoms with E-state index >= 15 is 0 Å². The van der Waals surface area contributed by atoms with Gasteiger partial charge in [-0.3, -0.25) is 9.78 Å². The van der Waals surface area contributed by atoms with Crippen LogP contribution in [-0.4, -0.2) is 57.6 Å². The van der Waals surface area contributed by atoms with Crippen LogP contribution < -0.4 is 10.5 Å². The number of nitrogens with zero attached hydrogens (tertiary/aromatic N) is 5. The number of hydrogen-bond acceptors (Lipinski definition) is 6. The van der Waals surface area contributed by atoms with Gasteiger partial charge < -0.3 is 15.4 Å². The molecule has 8 heteroatoms. The molecule has 3 N–H and O–H groups in total. The van der Waals surface area contributed by atoms with Crippen molar-refractivity contribution >= 4 is 0 Å². The Bertz CT molecular complexity index is 505. The number of aromatic amines is 1. The van der Waals surface area contributed by atoms with Gasteiger partial charge in [0.2, 0.25) is 0 Å². The number of aromatic nitrogens is 5. The van der Waals surface area contributed by atoms with Gasteiger partial charge in [0, 0.05) is 6.54 Å². The number of likely N-dealkylation sites (N-methyl/N-ethyl adjacent to an activating group) is 1. The quantitative estimate of drug-likeness (QED) is 0.739. The van der Waals surface area contributed by atoms with Crippen LogP contribution in [0.2, 0.25) is 0 Å². The molecular weight excluding hydrogens is 246 g/mol. The highest BCUT2D eigenvalue weighted by Crippen LogP contribution is 2.26. The second kappa shape index (κ2) is 5.81. The van der Waals surface area contributed by atoms with Crippen LogP contribution in [0.4, 0.5) is 0 Å². The van der Waals surface area contributed by atoms with Gasteiger partial charge in [-0.25, -0.2) is 4.98 Å². The smallest absolute Gasteiger partial charge is 0.162 e. The van der Waals surface area contributed by atoms with Gasteiger partial charge in [-0.1, -0.05) is 0 Å². The van der Waals surface area contributed by atoms with Gasteiger partial charge in [-0.05, 0) is 14.1 Å². The molecule has 0 fully saturated rings. The predicted octanol–water partition coefficient (Wildman–Crippen LogP) is -0.380. The van der Waals surface area contributed by atoms with Crippen molar-refractivity contribution < 1.29 is 4.74 Å². The SMILES string of the molecule is COc1cnn(CCN(C)C)c1C(N)c1ncn[nH]1. The molecule has 0 saturated carbocycles. The van der Waals surface area contributed by atoms with Crippen molar-refractivity contribution in [3.8, 4) is 5.75 Å². The summed E-state index contributed by atoms with van der Waals surface area (Å²) < 4.78 is 7.15. The van der Waals surface area contributed by atoms with Crippen LogP contribution in [0.15, 0.2) is 12.5 Å². The van der Waals surface area contributed by atoms with E-state index in [1.807, 2.05) is 18.8 Å². The molecule has 0 aromatic carbocycles. The summed E-state index contributed by atoms with van der Waals surface area (Å²) >= 11 is 0. The summed E-state index contributed by atoms with van der Waals surface area (Å²) in [5, 5.41) is 10.9. The van der Waals surface area contributed by atoms with Gasteiger partial charge >= 0.3 is 0 Å². The fraction of sp³-hybridized carbons (Fsp3) is 0.545. The molecule has 2 aromatic heterocycles. The number of H-pyrrole nitrogens is 1. The van der Waals surface area contributed by atoms with E-state index in [-0.39, 0.29) is 0 Å². The van der Waals surface area contributed by atoms with E-state index in [2.05, 4.69) is 25.2 Å². The lowest BCUT2D eigenvalue weighted by Crippen LogP contribution is -2.24. The molecule has 1 atom stereocenters. The Balaban J connectivity index is 2.28. The lowest BCUT2D eigenvalue weighted by atomic mass is 10.2. The van der Waals surface area contributed by atoms with Crippen molar-refractivity contribution in [3.05, 3.63) is 24.0 Å². The Labute approximate surface area is 111 Å². The lowest BCUT2D eigenvalue weighted by molar-refractivity contribution is 0.363. The van der Waals surface area contributed by atoms with Crippen LogP contribution in [-0.2, 0) is 6.54 Å². The third kappa shape index (κ3) is 2.91. The maximum absolute atomic E-state index is 6.20. The number of rotatable bonds is 6. The van der Waals surface area contributed by atoms with Crippen molar-refractivity contribution in [1.82, 2.24) is 29.9 Å². The molecule has 2 aromatic rings. The number of ether oxygens (including phenoxy) is 1. The van der Waals surface area contributed by atoms with E-state index in [0.29, 0.717) is 11.6 Å². The van der Waals surface area contributed by atoms with Crippen molar-refractivity contribution in [1.29, 1.82) is 0 Å². The first kappa shape index (κ1) is 13.5. The van der Waals surface area contributed by atoms with Gasteiger partial charge in [0.15, 0.2) is 5.75 Å². The topological polar surface area (TPSA) is 97.9 Å². The number of nitrogens with two attached hydrogens (primary N) is 1. The average molecular weight is 265 g/mol. The minimum absolute atomic E-state index is 0.442. The molecule has 0 radical (unpaired) electrons. The van der Waals surface area contributed by atoms with Gasteiger partial charge in [-0.15, -0.1) is 0 Å². The normalized spacial score (nSPS) is 12.9. The van der Waals surface area contributed by atoms with E-state index < -0.39 is 6.04 Å². The summed E-state index contributed by atoms with van der Waals surface area (Å²) in [7, 11) is 5.62. The molecule has 0 bridgehead atoms. The van der Waals surface area contributed by atoms with E-state index in [4.69, 9.17) is 10.5 Å². The minimum atomic E-state index is -0.442. The number of nitrogens with one attached hydrogen (secondary N) is 1.